The molecule has 1 fully saturated rings. The molecule has 3 unspecified atom stereocenters. The van der Waals surface area contributed by atoms with E-state index in [4.69, 9.17) is 9.47 Å². The number of methoxy groups -OCH3 is 1. The van der Waals surface area contributed by atoms with Crippen molar-refractivity contribution in [1.82, 2.24) is 5.32 Å². The van der Waals surface area contributed by atoms with E-state index in [-0.39, 0.29) is 24.2 Å². The Morgan fingerprint density at radius 1 is 1.67 bits per heavy atom. The molecule has 1 aliphatic rings. The van der Waals surface area contributed by atoms with Crippen LogP contribution in [0, 0.1) is 0 Å². The number of hydrogen-bond acceptors (Lipinski definition) is 3. The molecule has 15 heavy (non-hydrogen) atoms. The van der Waals surface area contributed by atoms with Crippen molar-refractivity contribution >= 4 is 21.8 Å². The van der Waals surface area contributed by atoms with Crippen LogP contribution in [0.4, 0.5) is 0 Å². The van der Waals surface area contributed by atoms with E-state index in [0.29, 0.717) is 11.9 Å². The first-order chi connectivity index (χ1) is 7.17. The number of amides is 1. The summed E-state index contributed by atoms with van der Waals surface area (Å²) in [6, 6.07) is 0.0157. The van der Waals surface area contributed by atoms with Crippen molar-refractivity contribution in [3.8, 4) is 0 Å². The second kappa shape index (κ2) is 6.45. The fourth-order valence-corrected chi connectivity index (χ4v) is 1.96. The van der Waals surface area contributed by atoms with E-state index in [9.17, 15) is 4.79 Å². The standard InChI is InChI=1S/C10H18BrNO3/c1-7-3-4-9(15-7)10(13)12-8(5-11)6-14-2/h7-9H,3-6H2,1-2H3,(H,12,13). The van der Waals surface area contributed by atoms with Gasteiger partial charge < -0.3 is 14.8 Å². The second-order valence-electron chi connectivity index (χ2n) is 3.83. The number of carbonyl (C=O) groups excluding carboxylic acids is 1. The average Bonchev–Trinajstić information content (AvgIpc) is 2.64. The third-order valence-corrected chi connectivity index (χ3v) is 3.21. The van der Waals surface area contributed by atoms with Gasteiger partial charge in [-0.15, -0.1) is 0 Å². The molecule has 0 aliphatic carbocycles. The fraction of sp³-hybridized carbons (Fsp3) is 0.900. The van der Waals surface area contributed by atoms with Crippen LogP contribution in [0.25, 0.3) is 0 Å². The Balaban J connectivity index is 2.33. The molecule has 0 aromatic carbocycles. The summed E-state index contributed by atoms with van der Waals surface area (Å²) in [6.07, 6.45) is 1.69. The summed E-state index contributed by atoms with van der Waals surface area (Å²) >= 11 is 3.33. The Kier molecular flexibility index (Phi) is 5.56. The monoisotopic (exact) mass is 279 g/mol. The van der Waals surface area contributed by atoms with E-state index in [1.54, 1.807) is 7.11 Å². The number of alkyl halides is 1. The summed E-state index contributed by atoms with van der Waals surface area (Å²) < 4.78 is 10.5. The van der Waals surface area contributed by atoms with Gasteiger partial charge in [-0.3, -0.25) is 4.79 Å². The van der Waals surface area contributed by atoms with Gasteiger partial charge in [0.15, 0.2) is 0 Å². The van der Waals surface area contributed by atoms with Crippen LogP contribution in [0.5, 0.6) is 0 Å². The van der Waals surface area contributed by atoms with Gasteiger partial charge in [0.05, 0.1) is 18.8 Å². The molecule has 1 aliphatic heterocycles. The van der Waals surface area contributed by atoms with Gasteiger partial charge in [-0.25, -0.2) is 0 Å². The molecule has 0 aromatic rings. The minimum absolute atomic E-state index is 0.0157. The normalized spacial score (nSPS) is 27.7. The van der Waals surface area contributed by atoms with Gasteiger partial charge in [-0.05, 0) is 19.8 Å². The zero-order valence-corrected chi connectivity index (χ0v) is 10.7. The molecule has 3 atom stereocenters. The van der Waals surface area contributed by atoms with E-state index in [1.165, 1.54) is 0 Å². The Morgan fingerprint density at radius 3 is 2.87 bits per heavy atom. The largest absolute Gasteiger partial charge is 0.383 e. The van der Waals surface area contributed by atoms with Crippen LogP contribution >= 0.6 is 15.9 Å². The first-order valence-electron chi connectivity index (χ1n) is 5.18. The predicted octanol–water partition coefficient (Wildman–Crippen LogP) is 1.08. The van der Waals surface area contributed by atoms with Gasteiger partial charge in [0.1, 0.15) is 6.10 Å². The molecule has 1 heterocycles. The Morgan fingerprint density at radius 2 is 2.40 bits per heavy atom. The number of rotatable bonds is 5. The minimum atomic E-state index is -0.279. The molecule has 88 valence electrons. The Hall–Kier alpha value is -0.130. The lowest BCUT2D eigenvalue weighted by Gasteiger charge is -2.18. The van der Waals surface area contributed by atoms with Gasteiger partial charge >= 0.3 is 0 Å². The van der Waals surface area contributed by atoms with E-state index in [1.807, 2.05) is 6.92 Å². The van der Waals surface area contributed by atoms with E-state index >= 15 is 0 Å². The molecule has 0 aromatic heterocycles. The summed E-state index contributed by atoms with van der Waals surface area (Å²) in [5.74, 6) is -0.0270. The zero-order valence-electron chi connectivity index (χ0n) is 9.16. The highest BCUT2D eigenvalue weighted by molar-refractivity contribution is 9.09. The Labute approximate surface area is 98.8 Å². The van der Waals surface area contributed by atoms with Crippen LogP contribution in [-0.4, -0.2) is 43.2 Å². The smallest absolute Gasteiger partial charge is 0.249 e. The molecule has 1 N–H and O–H groups in total. The van der Waals surface area contributed by atoms with Crippen LogP contribution in [0.3, 0.4) is 0 Å². The second-order valence-corrected chi connectivity index (χ2v) is 4.48. The third-order valence-electron chi connectivity index (χ3n) is 2.42. The molecule has 0 saturated carbocycles. The van der Waals surface area contributed by atoms with Crippen molar-refractivity contribution in [3.63, 3.8) is 0 Å². The molecular weight excluding hydrogens is 262 g/mol. The third kappa shape index (κ3) is 4.09. The van der Waals surface area contributed by atoms with Crippen LogP contribution in [0.15, 0.2) is 0 Å². The average molecular weight is 280 g/mol. The highest BCUT2D eigenvalue weighted by Crippen LogP contribution is 2.19. The van der Waals surface area contributed by atoms with Crippen LogP contribution in [0.1, 0.15) is 19.8 Å². The summed E-state index contributed by atoms with van der Waals surface area (Å²) in [5.41, 5.74) is 0. The van der Waals surface area contributed by atoms with Gasteiger partial charge in [-0.2, -0.15) is 0 Å². The summed E-state index contributed by atoms with van der Waals surface area (Å²) in [4.78, 5) is 11.7. The lowest BCUT2D eigenvalue weighted by Crippen LogP contribution is -2.44. The van der Waals surface area contributed by atoms with Crippen molar-refractivity contribution in [3.05, 3.63) is 0 Å². The van der Waals surface area contributed by atoms with Gasteiger partial charge in [0.25, 0.3) is 0 Å². The van der Waals surface area contributed by atoms with Crippen molar-refractivity contribution in [2.75, 3.05) is 19.0 Å². The number of hydrogen-bond donors (Lipinski definition) is 1. The van der Waals surface area contributed by atoms with Gasteiger partial charge in [0, 0.05) is 12.4 Å². The molecule has 4 nitrogen and oxygen atoms in total. The van der Waals surface area contributed by atoms with E-state index in [2.05, 4.69) is 21.2 Å². The molecular formula is C10H18BrNO3. The number of halogens is 1. The summed E-state index contributed by atoms with van der Waals surface area (Å²) in [5, 5.41) is 3.58. The highest BCUT2D eigenvalue weighted by Gasteiger charge is 2.29. The maximum atomic E-state index is 11.7. The molecule has 0 bridgehead atoms. The van der Waals surface area contributed by atoms with Crippen molar-refractivity contribution in [2.24, 2.45) is 0 Å². The fourth-order valence-electron chi connectivity index (χ4n) is 1.62. The van der Waals surface area contributed by atoms with Crippen LogP contribution < -0.4 is 5.32 Å². The van der Waals surface area contributed by atoms with Gasteiger partial charge in [-0.1, -0.05) is 15.9 Å². The quantitative estimate of drug-likeness (QED) is 0.767. The first kappa shape index (κ1) is 12.9. The molecule has 0 spiro atoms. The molecule has 0 radical (unpaired) electrons. The minimum Gasteiger partial charge on any atom is -0.383 e. The maximum Gasteiger partial charge on any atom is 0.249 e. The molecule has 1 amide bonds. The van der Waals surface area contributed by atoms with Crippen LogP contribution in [0.2, 0.25) is 0 Å². The van der Waals surface area contributed by atoms with E-state index < -0.39 is 0 Å². The van der Waals surface area contributed by atoms with Crippen molar-refractivity contribution in [1.29, 1.82) is 0 Å². The molecule has 1 saturated heterocycles. The number of ether oxygens (including phenoxy) is 2. The molecule has 5 heteroatoms. The summed E-state index contributed by atoms with van der Waals surface area (Å²) in [6.45, 7) is 2.50. The predicted molar refractivity (Wildman–Crippen MR) is 61.2 cm³/mol. The van der Waals surface area contributed by atoms with E-state index in [0.717, 1.165) is 12.8 Å². The lowest BCUT2D eigenvalue weighted by atomic mass is 10.2. The number of carbonyl (C=O) groups is 1. The van der Waals surface area contributed by atoms with Crippen molar-refractivity contribution in [2.45, 2.75) is 38.0 Å². The Bertz CT molecular complexity index is 213. The SMILES string of the molecule is COCC(CBr)NC(=O)C1CCC(C)O1. The van der Waals surface area contributed by atoms with Crippen LogP contribution in [-0.2, 0) is 14.3 Å². The highest BCUT2D eigenvalue weighted by atomic mass is 79.9. The first-order valence-corrected chi connectivity index (χ1v) is 6.30. The van der Waals surface area contributed by atoms with Crippen molar-refractivity contribution < 1.29 is 14.3 Å². The number of nitrogens with one attached hydrogen (secondary N) is 1. The van der Waals surface area contributed by atoms with Gasteiger partial charge in [0.2, 0.25) is 5.91 Å². The summed E-state index contributed by atoms with van der Waals surface area (Å²) in [7, 11) is 1.62. The zero-order chi connectivity index (χ0) is 11.3. The maximum absolute atomic E-state index is 11.7. The molecule has 1 rings (SSSR count). The topological polar surface area (TPSA) is 47.6 Å². The lowest BCUT2D eigenvalue weighted by molar-refractivity contribution is -0.132.